The van der Waals surface area contributed by atoms with Crippen molar-refractivity contribution in [3.63, 3.8) is 0 Å². The third-order valence-corrected chi connectivity index (χ3v) is 11.3. The first-order valence-electron chi connectivity index (χ1n) is 18.7. The van der Waals surface area contributed by atoms with E-state index < -0.39 is 0 Å². The highest BCUT2D eigenvalue weighted by atomic mass is 16.3. The zero-order valence-corrected chi connectivity index (χ0v) is 29.8. The fraction of sp³-hybridized carbons (Fsp3) is 0. The highest BCUT2D eigenvalue weighted by Gasteiger charge is 2.21. The third kappa shape index (κ3) is 4.74. The first-order valence-corrected chi connectivity index (χ1v) is 18.7. The highest BCUT2D eigenvalue weighted by Crippen LogP contribution is 2.47. The van der Waals surface area contributed by atoms with Crippen LogP contribution in [-0.4, -0.2) is 0 Å². The molecule has 11 aromatic rings. The Labute approximate surface area is 317 Å². The van der Waals surface area contributed by atoms with E-state index in [0.717, 1.165) is 71.3 Å². The number of fused-ring (bicyclic) bond motifs is 7. The minimum absolute atomic E-state index is 0.668. The van der Waals surface area contributed by atoms with Crippen molar-refractivity contribution in [1.82, 2.24) is 0 Å². The summed E-state index contributed by atoms with van der Waals surface area (Å²) >= 11 is 0. The zero-order valence-electron chi connectivity index (χ0n) is 29.8. The number of hydrogen-bond acceptors (Lipinski definition) is 2. The van der Waals surface area contributed by atoms with Crippen molar-refractivity contribution in [3.05, 3.63) is 194 Å². The molecule has 0 aliphatic rings. The highest BCUT2D eigenvalue weighted by molar-refractivity contribution is 6.24. The number of hydrogen-bond donors (Lipinski definition) is 0. The lowest BCUT2D eigenvalue weighted by Crippen LogP contribution is -1.92. The SMILES string of the molecule is N#Cc1ccccc1-c1c2ccccc2c(-c2ccc3c(c2)oc2ccc(-c4c5ccccc5c(-c5ccccc5)c5ccccc45)cc23)c2ccccc12. The first kappa shape index (κ1) is 31.1. The molecule has 0 saturated heterocycles. The quantitative estimate of drug-likeness (QED) is 0.172. The smallest absolute Gasteiger partial charge is 0.136 e. The van der Waals surface area contributed by atoms with Crippen molar-refractivity contribution < 1.29 is 4.42 Å². The van der Waals surface area contributed by atoms with Crippen molar-refractivity contribution in [2.24, 2.45) is 0 Å². The van der Waals surface area contributed by atoms with Crippen LogP contribution in [0.25, 0.3) is 110 Å². The summed E-state index contributed by atoms with van der Waals surface area (Å²) in [5.74, 6) is 0. The molecule has 0 bridgehead atoms. The van der Waals surface area contributed by atoms with Gasteiger partial charge in [0, 0.05) is 16.3 Å². The van der Waals surface area contributed by atoms with Gasteiger partial charge < -0.3 is 4.42 Å². The second-order valence-corrected chi connectivity index (χ2v) is 14.2. The fourth-order valence-corrected chi connectivity index (χ4v) is 8.97. The second-order valence-electron chi connectivity index (χ2n) is 14.2. The van der Waals surface area contributed by atoms with Crippen LogP contribution >= 0.6 is 0 Å². The van der Waals surface area contributed by atoms with E-state index in [2.05, 4.69) is 176 Å². The molecule has 2 nitrogen and oxygen atoms in total. The summed E-state index contributed by atoms with van der Waals surface area (Å²) in [6, 6.07) is 69.1. The minimum Gasteiger partial charge on any atom is -0.456 e. The molecule has 0 atom stereocenters. The van der Waals surface area contributed by atoms with E-state index in [9.17, 15) is 5.26 Å². The Bertz CT molecular complexity index is 3270. The molecule has 0 aliphatic heterocycles. The van der Waals surface area contributed by atoms with Gasteiger partial charge in [-0.05, 0) is 112 Å². The number of nitriles is 1. The molecule has 0 saturated carbocycles. The van der Waals surface area contributed by atoms with Crippen LogP contribution in [-0.2, 0) is 0 Å². The van der Waals surface area contributed by atoms with Gasteiger partial charge in [0.2, 0.25) is 0 Å². The average Bonchev–Trinajstić information content (AvgIpc) is 3.62. The summed E-state index contributed by atoms with van der Waals surface area (Å²) < 4.78 is 6.67. The van der Waals surface area contributed by atoms with Gasteiger partial charge in [0.05, 0.1) is 11.6 Å². The van der Waals surface area contributed by atoms with Crippen molar-refractivity contribution >= 4 is 65.0 Å². The van der Waals surface area contributed by atoms with Crippen LogP contribution in [0.15, 0.2) is 192 Å². The van der Waals surface area contributed by atoms with Gasteiger partial charge in [-0.3, -0.25) is 0 Å². The Morgan fingerprint density at radius 3 is 1.29 bits per heavy atom. The molecule has 0 amide bonds. The molecule has 55 heavy (non-hydrogen) atoms. The second kappa shape index (κ2) is 12.3. The Morgan fingerprint density at radius 1 is 0.309 bits per heavy atom. The van der Waals surface area contributed by atoms with Gasteiger partial charge in [0.25, 0.3) is 0 Å². The van der Waals surface area contributed by atoms with E-state index in [4.69, 9.17) is 4.42 Å². The monoisotopic (exact) mass is 697 g/mol. The van der Waals surface area contributed by atoms with E-state index in [-0.39, 0.29) is 0 Å². The normalized spacial score (nSPS) is 11.6. The van der Waals surface area contributed by atoms with Gasteiger partial charge in [-0.15, -0.1) is 0 Å². The Balaban J connectivity index is 1.13. The van der Waals surface area contributed by atoms with Crippen molar-refractivity contribution in [2.75, 3.05) is 0 Å². The summed E-state index contributed by atoms with van der Waals surface area (Å²) in [4.78, 5) is 0. The molecule has 0 N–H and O–H groups in total. The molecule has 0 aliphatic carbocycles. The van der Waals surface area contributed by atoms with Gasteiger partial charge in [-0.25, -0.2) is 0 Å². The number of rotatable bonds is 4. The maximum Gasteiger partial charge on any atom is 0.136 e. The van der Waals surface area contributed by atoms with Gasteiger partial charge in [0.1, 0.15) is 11.2 Å². The maximum atomic E-state index is 10.1. The van der Waals surface area contributed by atoms with Crippen LogP contribution in [0, 0.1) is 11.3 Å². The van der Waals surface area contributed by atoms with Crippen LogP contribution in [0.3, 0.4) is 0 Å². The van der Waals surface area contributed by atoms with Crippen LogP contribution in [0.2, 0.25) is 0 Å². The molecule has 1 heterocycles. The first-order chi connectivity index (χ1) is 27.3. The molecule has 10 aromatic carbocycles. The summed E-state index contributed by atoms with van der Waals surface area (Å²) in [6.45, 7) is 0. The third-order valence-electron chi connectivity index (χ3n) is 11.3. The predicted octanol–water partition coefficient (Wildman–Crippen LogP) is 14.7. The molecule has 0 fully saturated rings. The lowest BCUT2D eigenvalue weighted by atomic mass is 9.84. The summed E-state index contributed by atoms with van der Waals surface area (Å²) in [6.07, 6.45) is 0. The molecular formula is C53H31NO. The standard InChI is InChI=1S/C53H31NO/c54-32-36-16-4-5-17-37(36)53-45-24-12-10-22-43(45)52(44-23-11-13-25-46(44)53)35-26-28-38-47-30-34(27-29-48(47)55-49(38)31-35)51-41-20-8-6-18-39(41)50(33-14-2-1-3-15-33)40-19-7-9-21-42(40)51/h1-31H. The molecular weight excluding hydrogens is 667 g/mol. The largest absolute Gasteiger partial charge is 0.456 e. The van der Waals surface area contributed by atoms with E-state index in [1.54, 1.807) is 0 Å². The fourth-order valence-electron chi connectivity index (χ4n) is 8.97. The van der Waals surface area contributed by atoms with E-state index >= 15 is 0 Å². The van der Waals surface area contributed by atoms with Crippen molar-refractivity contribution in [1.29, 1.82) is 5.26 Å². The van der Waals surface area contributed by atoms with Gasteiger partial charge in [-0.2, -0.15) is 5.26 Å². The summed E-state index contributed by atoms with van der Waals surface area (Å²) in [7, 11) is 0. The molecule has 2 heteroatoms. The molecule has 1 aromatic heterocycles. The molecule has 254 valence electrons. The average molecular weight is 698 g/mol. The Kier molecular flexibility index (Phi) is 6.96. The van der Waals surface area contributed by atoms with E-state index in [1.165, 1.54) is 38.2 Å². The topological polar surface area (TPSA) is 36.9 Å². The summed E-state index contributed by atoms with van der Waals surface area (Å²) in [5.41, 5.74) is 11.5. The molecule has 0 unspecified atom stereocenters. The maximum absolute atomic E-state index is 10.1. The number of furan rings is 1. The van der Waals surface area contributed by atoms with E-state index in [0.29, 0.717) is 5.56 Å². The minimum atomic E-state index is 0.668. The van der Waals surface area contributed by atoms with Crippen molar-refractivity contribution in [2.45, 2.75) is 0 Å². The Morgan fingerprint density at radius 2 is 0.745 bits per heavy atom. The van der Waals surface area contributed by atoms with Crippen LogP contribution in [0.4, 0.5) is 0 Å². The van der Waals surface area contributed by atoms with E-state index in [1.807, 2.05) is 18.2 Å². The lowest BCUT2D eigenvalue weighted by Gasteiger charge is -2.18. The number of nitrogens with zero attached hydrogens (tertiary/aromatic N) is 1. The van der Waals surface area contributed by atoms with Gasteiger partial charge in [-0.1, -0.05) is 158 Å². The van der Waals surface area contributed by atoms with Crippen molar-refractivity contribution in [3.8, 4) is 50.6 Å². The molecule has 0 spiro atoms. The predicted molar refractivity (Wildman–Crippen MR) is 230 cm³/mol. The Hall–Kier alpha value is -7.47. The van der Waals surface area contributed by atoms with Crippen LogP contribution in [0.5, 0.6) is 0 Å². The van der Waals surface area contributed by atoms with Crippen LogP contribution in [0.1, 0.15) is 5.56 Å². The molecule has 11 rings (SSSR count). The number of benzene rings is 10. The lowest BCUT2D eigenvalue weighted by molar-refractivity contribution is 0.669. The summed E-state index contributed by atoms with van der Waals surface area (Å²) in [5, 5.41) is 21.7. The van der Waals surface area contributed by atoms with Gasteiger partial charge in [0.15, 0.2) is 0 Å². The van der Waals surface area contributed by atoms with Crippen LogP contribution < -0.4 is 0 Å². The molecule has 0 radical (unpaired) electrons. The zero-order chi connectivity index (χ0) is 36.5. The van der Waals surface area contributed by atoms with Gasteiger partial charge >= 0.3 is 0 Å².